The van der Waals surface area contributed by atoms with E-state index in [1.807, 2.05) is 36.4 Å². The number of amides is 1. The van der Waals surface area contributed by atoms with E-state index >= 15 is 0 Å². The highest BCUT2D eigenvalue weighted by Crippen LogP contribution is 2.28. The van der Waals surface area contributed by atoms with Gasteiger partial charge in [-0.05, 0) is 18.2 Å². The van der Waals surface area contributed by atoms with Crippen LogP contribution in [0.4, 0.5) is 11.7 Å². The zero-order chi connectivity index (χ0) is 12.4. The highest BCUT2D eigenvalue weighted by atomic mass is 16.4. The quantitative estimate of drug-likeness (QED) is 0.658. The molecule has 0 unspecified atom stereocenters. The minimum absolute atomic E-state index is 0.463. The number of carbonyl (C=O) groups excluding carboxylic acids is 1. The Morgan fingerprint density at radius 3 is 2.67 bits per heavy atom. The van der Waals surface area contributed by atoms with E-state index in [-0.39, 0.29) is 0 Å². The molecule has 0 spiro atoms. The Labute approximate surface area is 103 Å². The van der Waals surface area contributed by atoms with E-state index in [1.165, 1.54) is 4.90 Å². The van der Waals surface area contributed by atoms with Gasteiger partial charge in [-0.25, -0.2) is 9.88 Å². The minimum atomic E-state index is 0.463. The molecule has 3 rings (SSSR count). The van der Waals surface area contributed by atoms with Crippen LogP contribution in [0.25, 0.3) is 11.0 Å². The molecule has 0 bridgehead atoms. The molecule has 0 N–H and O–H groups in total. The van der Waals surface area contributed by atoms with Crippen LogP contribution in [-0.2, 0) is 4.79 Å². The number of rotatable bonds is 3. The lowest BCUT2D eigenvalue weighted by molar-refractivity contribution is -0.107. The number of hydrogen-bond acceptors (Lipinski definition) is 3. The molecule has 0 fully saturated rings. The molecule has 4 heteroatoms. The standard InChI is InChI=1S/C14H10N2O2/c17-10-16(13-7-3-4-8-15-13)14-9-11-5-1-2-6-12(11)18-14/h1-10H. The predicted molar refractivity (Wildman–Crippen MR) is 68.7 cm³/mol. The van der Waals surface area contributed by atoms with Gasteiger partial charge in [-0.3, -0.25) is 4.79 Å². The Morgan fingerprint density at radius 2 is 1.94 bits per heavy atom. The summed E-state index contributed by atoms with van der Waals surface area (Å²) in [7, 11) is 0. The number of pyridine rings is 1. The summed E-state index contributed by atoms with van der Waals surface area (Å²) in [6.45, 7) is 0. The number of hydrogen-bond donors (Lipinski definition) is 0. The van der Waals surface area contributed by atoms with Crippen LogP contribution >= 0.6 is 0 Å². The Hall–Kier alpha value is -2.62. The van der Waals surface area contributed by atoms with Crippen LogP contribution in [0.2, 0.25) is 0 Å². The lowest BCUT2D eigenvalue weighted by Gasteiger charge is -2.11. The summed E-state index contributed by atoms with van der Waals surface area (Å²) in [5.41, 5.74) is 0.746. The maximum atomic E-state index is 11.2. The van der Waals surface area contributed by atoms with Gasteiger partial charge in [0.25, 0.3) is 0 Å². The third kappa shape index (κ3) is 1.73. The number of furan rings is 1. The fourth-order valence-electron chi connectivity index (χ4n) is 1.80. The number of nitrogens with zero attached hydrogens (tertiary/aromatic N) is 2. The third-order valence-electron chi connectivity index (χ3n) is 2.65. The van der Waals surface area contributed by atoms with Crippen LogP contribution in [0, 0.1) is 0 Å². The van der Waals surface area contributed by atoms with Crippen molar-refractivity contribution in [1.82, 2.24) is 4.98 Å². The summed E-state index contributed by atoms with van der Waals surface area (Å²) in [6.07, 6.45) is 2.33. The van der Waals surface area contributed by atoms with E-state index in [2.05, 4.69) is 4.98 Å². The van der Waals surface area contributed by atoms with Crippen LogP contribution in [0.15, 0.2) is 59.1 Å². The van der Waals surface area contributed by atoms with Crippen molar-refractivity contribution in [2.45, 2.75) is 0 Å². The molecule has 0 saturated carbocycles. The van der Waals surface area contributed by atoms with Gasteiger partial charge in [-0.15, -0.1) is 0 Å². The first-order valence-electron chi connectivity index (χ1n) is 5.52. The largest absolute Gasteiger partial charge is 0.440 e. The first-order chi connectivity index (χ1) is 8.88. The number of benzene rings is 1. The monoisotopic (exact) mass is 238 g/mol. The normalized spacial score (nSPS) is 10.4. The summed E-state index contributed by atoms with van der Waals surface area (Å²) in [4.78, 5) is 16.7. The summed E-state index contributed by atoms with van der Waals surface area (Å²) in [5.74, 6) is 0.997. The molecule has 1 aromatic carbocycles. The minimum Gasteiger partial charge on any atom is -0.440 e. The molecule has 0 atom stereocenters. The van der Waals surface area contributed by atoms with Crippen molar-refractivity contribution in [3.05, 3.63) is 54.7 Å². The number of para-hydroxylation sites is 1. The Bertz CT molecular complexity index is 643. The molecule has 3 aromatic rings. The van der Waals surface area contributed by atoms with Crippen molar-refractivity contribution in [1.29, 1.82) is 0 Å². The molecule has 4 nitrogen and oxygen atoms in total. The van der Waals surface area contributed by atoms with Crippen molar-refractivity contribution in [3.63, 3.8) is 0 Å². The second-order valence-corrected chi connectivity index (χ2v) is 3.79. The second kappa shape index (κ2) is 4.33. The maximum absolute atomic E-state index is 11.2. The lowest BCUT2D eigenvalue weighted by atomic mass is 10.2. The molecule has 2 heterocycles. The third-order valence-corrected chi connectivity index (χ3v) is 2.65. The summed E-state index contributed by atoms with van der Waals surface area (Å²) >= 11 is 0. The van der Waals surface area contributed by atoms with Crippen molar-refractivity contribution in [2.75, 3.05) is 4.90 Å². The summed E-state index contributed by atoms with van der Waals surface area (Å²) < 4.78 is 5.63. The zero-order valence-electron chi connectivity index (χ0n) is 9.48. The molecular weight excluding hydrogens is 228 g/mol. The molecule has 0 saturated heterocycles. The van der Waals surface area contributed by atoms with Crippen LogP contribution in [0.1, 0.15) is 0 Å². The van der Waals surface area contributed by atoms with Gasteiger partial charge >= 0.3 is 0 Å². The van der Waals surface area contributed by atoms with Crippen molar-refractivity contribution >= 4 is 29.1 Å². The van der Waals surface area contributed by atoms with E-state index < -0.39 is 0 Å². The molecule has 0 aliphatic rings. The molecule has 0 radical (unpaired) electrons. The zero-order valence-corrected chi connectivity index (χ0v) is 9.48. The number of anilines is 2. The molecule has 0 aliphatic heterocycles. The van der Waals surface area contributed by atoms with E-state index in [4.69, 9.17) is 4.42 Å². The smallest absolute Gasteiger partial charge is 0.222 e. The van der Waals surface area contributed by atoms with E-state index in [1.54, 1.807) is 18.3 Å². The maximum Gasteiger partial charge on any atom is 0.222 e. The topological polar surface area (TPSA) is 46.3 Å². The van der Waals surface area contributed by atoms with Gasteiger partial charge in [-0.2, -0.15) is 0 Å². The van der Waals surface area contributed by atoms with Crippen molar-refractivity contribution in [3.8, 4) is 0 Å². The van der Waals surface area contributed by atoms with Gasteiger partial charge in [0, 0.05) is 17.6 Å². The van der Waals surface area contributed by atoms with Crippen LogP contribution < -0.4 is 4.90 Å². The average Bonchev–Trinajstić information content (AvgIpc) is 2.84. The first kappa shape index (κ1) is 10.5. The molecule has 88 valence electrons. The van der Waals surface area contributed by atoms with Gasteiger partial charge in [-0.1, -0.05) is 24.3 Å². The first-order valence-corrected chi connectivity index (χ1v) is 5.52. The van der Waals surface area contributed by atoms with Gasteiger partial charge in [0.05, 0.1) is 0 Å². The van der Waals surface area contributed by atoms with E-state index in [0.717, 1.165) is 11.0 Å². The van der Waals surface area contributed by atoms with Crippen LogP contribution in [0.3, 0.4) is 0 Å². The second-order valence-electron chi connectivity index (χ2n) is 3.79. The van der Waals surface area contributed by atoms with Crippen LogP contribution in [0.5, 0.6) is 0 Å². The Kier molecular flexibility index (Phi) is 2.53. The number of fused-ring (bicyclic) bond motifs is 1. The number of carbonyl (C=O) groups is 1. The van der Waals surface area contributed by atoms with Gasteiger partial charge in [0.2, 0.25) is 12.3 Å². The van der Waals surface area contributed by atoms with Gasteiger partial charge < -0.3 is 4.42 Å². The highest BCUT2D eigenvalue weighted by molar-refractivity contribution is 5.88. The fraction of sp³-hybridized carbons (Fsp3) is 0. The van der Waals surface area contributed by atoms with Crippen LogP contribution in [-0.4, -0.2) is 11.4 Å². The fourth-order valence-corrected chi connectivity index (χ4v) is 1.80. The van der Waals surface area contributed by atoms with Crippen molar-refractivity contribution < 1.29 is 9.21 Å². The molecular formula is C14H10N2O2. The molecule has 0 aliphatic carbocycles. The van der Waals surface area contributed by atoms with Gasteiger partial charge in [0.15, 0.2) is 0 Å². The molecule has 1 amide bonds. The number of aromatic nitrogens is 1. The van der Waals surface area contributed by atoms with E-state index in [9.17, 15) is 4.79 Å². The lowest BCUT2D eigenvalue weighted by Crippen LogP contribution is -2.14. The molecule has 18 heavy (non-hydrogen) atoms. The highest BCUT2D eigenvalue weighted by Gasteiger charge is 2.13. The van der Waals surface area contributed by atoms with Gasteiger partial charge in [0.1, 0.15) is 11.4 Å². The summed E-state index contributed by atoms with van der Waals surface area (Å²) in [5, 5.41) is 0.954. The van der Waals surface area contributed by atoms with E-state index in [0.29, 0.717) is 18.1 Å². The Balaban J connectivity index is 2.09. The predicted octanol–water partition coefficient (Wildman–Crippen LogP) is 3.12. The summed E-state index contributed by atoms with van der Waals surface area (Å²) in [6, 6.07) is 14.8. The average molecular weight is 238 g/mol. The SMILES string of the molecule is O=CN(c1ccccn1)c1cc2ccccc2o1. The molecule has 2 aromatic heterocycles. The Morgan fingerprint density at radius 1 is 1.11 bits per heavy atom. The van der Waals surface area contributed by atoms with Crippen molar-refractivity contribution in [2.24, 2.45) is 0 Å².